The number of amides is 1. The Morgan fingerprint density at radius 1 is 1.03 bits per heavy atom. The summed E-state index contributed by atoms with van der Waals surface area (Å²) in [5.74, 6) is -0.665. The summed E-state index contributed by atoms with van der Waals surface area (Å²) >= 11 is 6.06. The molecule has 0 spiro atoms. The molecule has 0 aliphatic carbocycles. The average Bonchev–Trinajstić information content (AvgIpc) is 2.75. The Hall–Kier alpha value is -3.51. The van der Waals surface area contributed by atoms with Gasteiger partial charge in [0.25, 0.3) is 5.91 Å². The third-order valence-corrected chi connectivity index (χ3v) is 4.77. The Bertz CT molecular complexity index is 1050. The van der Waals surface area contributed by atoms with Crippen LogP contribution in [0.15, 0.2) is 66.7 Å². The van der Waals surface area contributed by atoms with Crippen molar-refractivity contribution >= 4 is 34.9 Å². The molecule has 0 unspecified atom stereocenters. The van der Waals surface area contributed by atoms with Crippen LogP contribution in [0, 0.1) is 6.92 Å². The van der Waals surface area contributed by atoms with Gasteiger partial charge in [-0.2, -0.15) is 0 Å². The lowest BCUT2D eigenvalue weighted by Gasteiger charge is -2.12. The SMILES string of the molecule is Cc1c(Cl)cccc1NC(=O)COc1cc(C(=O)OCc2ccccc2)ccc1N. The Morgan fingerprint density at radius 3 is 2.57 bits per heavy atom. The number of carbonyl (C=O) groups is 2. The van der Waals surface area contributed by atoms with Gasteiger partial charge in [-0.3, -0.25) is 4.79 Å². The van der Waals surface area contributed by atoms with Gasteiger partial charge in [0.15, 0.2) is 6.61 Å². The van der Waals surface area contributed by atoms with E-state index < -0.39 is 5.97 Å². The van der Waals surface area contributed by atoms with Crippen LogP contribution in [0.5, 0.6) is 5.75 Å². The second-order valence-corrected chi connectivity index (χ2v) is 6.97. The summed E-state index contributed by atoms with van der Waals surface area (Å²) in [7, 11) is 0. The molecule has 3 aromatic carbocycles. The van der Waals surface area contributed by atoms with Crippen LogP contribution in [0.3, 0.4) is 0 Å². The molecule has 1 amide bonds. The van der Waals surface area contributed by atoms with Crippen molar-refractivity contribution in [3.05, 3.63) is 88.4 Å². The molecule has 3 rings (SSSR count). The maximum Gasteiger partial charge on any atom is 0.338 e. The first-order valence-corrected chi connectivity index (χ1v) is 9.60. The minimum absolute atomic E-state index is 0.154. The second kappa shape index (κ2) is 9.80. The van der Waals surface area contributed by atoms with Gasteiger partial charge >= 0.3 is 5.97 Å². The zero-order valence-corrected chi connectivity index (χ0v) is 17.1. The summed E-state index contributed by atoms with van der Waals surface area (Å²) in [4.78, 5) is 24.5. The third-order valence-electron chi connectivity index (χ3n) is 4.36. The molecule has 0 saturated heterocycles. The standard InChI is InChI=1S/C23H21ClN2O4/c1-15-18(24)8-5-9-20(15)26-22(27)14-29-21-12-17(10-11-19(21)25)23(28)30-13-16-6-3-2-4-7-16/h2-12H,13-14,25H2,1H3,(H,26,27). The molecule has 154 valence electrons. The van der Waals surface area contributed by atoms with E-state index in [1.807, 2.05) is 30.3 Å². The van der Waals surface area contributed by atoms with Crippen LogP contribution in [0.1, 0.15) is 21.5 Å². The van der Waals surface area contributed by atoms with Gasteiger partial charge < -0.3 is 20.5 Å². The Kier molecular flexibility index (Phi) is 6.93. The normalized spacial score (nSPS) is 10.3. The molecule has 0 bridgehead atoms. The van der Waals surface area contributed by atoms with E-state index in [2.05, 4.69) is 5.32 Å². The van der Waals surface area contributed by atoms with Gasteiger partial charge in [-0.25, -0.2) is 4.79 Å². The first-order chi connectivity index (χ1) is 14.4. The van der Waals surface area contributed by atoms with E-state index in [0.29, 0.717) is 16.4 Å². The zero-order valence-electron chi connectivity index (χ0n) is 16.4. The Balaban J connectivity index is 1.60. The smallest absolute Gasteiger partial charge is 0.338 e. The minimum Gasteiger partial charge on any atom is -0.482 e. The van der Waals surface area contributed by atoms with E-state index in [1.54, 1.807) is 31.2 Å². The van der Waals surface area contributed by atoms with E-state index in [0.717, 1.165) is 11.1 Å². The van der Waals surface area contributed by atoms with Crippen LogP contribution in [0.25, 0.3) is 0 Å². The summed E-state index contributed by atoms with van der Waals surface area (Å²) < 4.78 is 10.8. The number of nitrogens with two attached hydrogens (primary N) is 1. The number of benzene rings is 3. The number of rotatable bonds is 7. The number of nitrogen functional groups attached to an aromatic ring is 1. The van der Waals surface area contributed by atoms with Gasteiger partial charge in [0.1, 0.15) is 12.4 Å². The van der Waals surface area contributed by atoms with Crippen molar-refractivity contribution < 1.29 is 19.1 Å². The van der Waals surface area contributed by atoms with Gasteiger partial charge in [0, 0.05) is 10.7 Å². The van der Waals surface area contributed by atoms with Gasteiger partial charge in [-0.05, 0) is 48.4 Å². The van der Waals surface area contributed by atoms with Crippen molar-refractivity contribution in [3.8, 4) is 5.75 Å². The van der Waals surface area contributed by atoms with Crippen LogP contribution >= 0.6 is 11.6 Å². The number of carbonyl (C=O) groups excluding carboxylic acids is 2. The van der Waals surface area contributed by atoms with E-state index in [-0.39, 0.29) is 30.4 Å². The first-order valence-electron chi connectivity index (χ1n) is 9.22. The molecular weight excluding hydrogens is 404 g/mol. The van der Waals surface area contributed by atoms with E-state index in [9.17, 15) is 9.59 Å². The first kappa shape index (κ1) is 21.2. The molecule has 6 nitrogen and oxygen atoms in total. The maximum absolute atomic E-state index is 12.3. The molecule has 0 saturated carbocycles. The van der Waals surface area contributed by atoms with E-state index >= 15 is 0 Å². The fraction of sp³-hybridized carbons (Fsp3) is 0.130. The zero-order chi connectivity index (χ0) is 21.5. The Labute approximate surface area is 179 Å². The number of halogens is 1. The van der Waals surface area contributed by atoms with E-state index in [4.69, 9.17) is 26.8 Å². The van der Waals surface area contributed by atoms with Gasteiger partial charge in [-0.15, -0.1) is 0 Å². The minimum atomic E-state index is -0.511. The molecule has 30 heavy (non-hydrogen) atoms. The van der Waals surface area contributed by atoms with Crippen molar-refractivity contribution in [2.24, 2.45) is 0 Å². The quantitative estimate of drug-likeness (QED) is 0.427. The van der Waals surface area contributed by atoms with Gasteiger partial charge in [-0.1, -0.05) is 48.0 Å². The monoisotopic (exact) mass is 424 g/mol. The second-order valence-electron chi connectivity index (χ2n) is 6.56. The molecule has 0 atom stereocenters. The highest BCUT2D eigenvalue weighted by atomic mass is 35.5. The number of nitrogens with one attached hydrogen (secondary N) is 1. The van der Waals surface area contributed by atoms with Crippen molar-refractivity contribution in [2.75, 3.05) is 17.7 Å². The van der Waals surface area contributed by atoms with Crippen molar-refractivity contribution in [2.45, 2.75) is 13.5 Å². The van der Waals surface area contributed by atoms with Crippen LogP contribution in [0.2, 0.25) is 5.02 Å². The summed E-state index contributed by atoms with van der Waals surface area (Å²) in [5, 5.41) is 3.29. The summed E-state index contributed by atoms with van der Waals surface area (Å²) in [6.45, 7) is 1.68. The molecule has 0 radical (unpaired) electrons. The van der Waals surface area contributed by atoms with Crippen molar-refractivity contribution in [1.29, 1.82) is 0 Å². The highest BCUT2D eigenvalue weighted by Gasteiger charge is 2.13. The van der Waals surface area contributed by atoms with Crippen molar-refractivity contribution in [3.63, 3.8) is 0 Å². The van der Waals surface area contributed by atoms with E-state index in [1.165, 1.54) is 12.1 Å². The molecule has 0 aliphatic rings. The number of esters is 1. The van der Waals surface area contributed by atoms with Gasteiger partial charge in [0.2, 0.25) is 0 Å². The molecule has 7 heteroatoms. The fourth-order valence-electron chi connectivity index (χ4n) is 2.67. The molecule has 0 aliphatic heterocycles. The van der Waals surface area contributed by atoms with Crippen LogP contribution in [0.4, 0.5) is 11.4 Å². The average molecular weight is 425 g/mol. The molecular formula is C23H21ClN2O4. The number of ether oxygens (including phenoxy) is 2. The van der Waals surface area contributed by atoms with Gasteiger partial charge in [0.05, 0.1) is 11.3 Å². The molecule has 0 heterocycles. The fourth-order valence-corrected chi connectivity index (χ4v) is 2.84. The predicted molar refractivity (Wildman–Crippen MR) is 117 cm³/mol. The largest absolute Gasteiger partial charge is 0.482 e. The molecule has 0 aromatic heterocycles. The third kappa shape index (κ3) is 5.52. The predicted octanol–water partition coefficient (Wildman–Crippen LogP) is 4.61. The number of hydrogen-bond donors (Lipinski definition) is 2. The van der Waals surface area contributed by atoms with Crippen LogP contribution in [-0.2, 0) is 16.1 Å². The van der Waals surface area contributed by atoms with Crippen molar-refractivity contribution in [1.82, 2.24) is 0 Å². The molecule has 3 N–H and O–H groups in total. The molecule has 0 fully saturated rings. The lowest BCUT2D eigenvalue weighted by Crippen LogP contribution is -2.21. The number of hydrogen-bond acceptors (Lipinski definition) is 5. The van der Waals surface area contributed by atoms with Crippen LogP contribution < -0.4 is 15.8 Å². The lowest BCUT2D eigenvalue weighted by atomic mass is 10.2. The summed E-state index contributed by atoms with van der Waals surface area (Å²) in [6, 6.07) is 19.1. The van der Waals surface area contributed by atoms with Crippen LogP contribution in [-0.4, -0.2) is 18.5 Å². The lowest BCUT2D eigenvalue weighted by molar-refractivity contribution is -0.118. The highest BCUT2D eigenvalue weighted by Crippen LogP contribution is 2.25. The topological polar surface area (TPSA) is 90.6 Å². The highest BCUT2D eigenvalue weighted by molar-refractivity contribution is 6.31. The Morgan fingerprint density at radius 2 is 1.80 bits per heavy atom. The molecule has 3 aromatic rings. The summed E-state index contributed by atoms with van der Waals surface area (Å²) in [6.07, 6.45) is 0. The maximum atomic E-state index is 12.3. The summed E-state index contributed by atoms with van der Waals surface area (Å²) in [5.41, 5.74) is 8.74. The number of anilines is 2.